The number of hydrogen-bond donors (Lipinski definition) is 2. The third-order valence-corrected chi connectivity index (χ3v) is 3.75. The molecule has 0 unspecified atom stereocenters. The fraction of sp³-hybridized carbons (Fsp3) is 0.667. The van der Waals surface area contributed by atoms with E-state index in [9.17, 15) is 13.2 Å². The predicted molar refractivity (Wildman–Crippen MR) is 73.8 cm³/mol. The molecule has 0 atom stereocenters. The van der Waals surface area contributed by atoms with Crippen molar-refractivity contribution >= 4 is 11.6 Å². The molecule has 0 saturated carbocycles. The van der Waals surface area contributed by atoms with Gasteiger partial charge in [-0.25, -0.2) is 15.8 Å². The van der Waals surface area contributed by atoms with Crippen LogP contribution in [0.3, 0.4) is 0 Å². The predicted octanol–water partition coefficient (Wildman–Crippen LogP) is 1.31. The molecule has 2 heterocycles. The van der Waals surface area contributed by atoms with Crippen molar-refractivity contribution in [2.24, 2.45) is 5.84 Å². The first-order chi connectivity index (χ1) is 9.63. The number of nitrogens with zero attached hydrogens (tertiary/aromatic N) is 4. The fourth-order valence-corrected chi connectivity index (χ4v) is 2.23. The Morgan fingerprint density at radius 3 is 2.48 bits per heavy atom. The van der Waals surface area contributed by atoms with Gasteiger partial charge in [-0.05, 0) is 20.9 Å². The van der Waals surface area contributed by atoms with Crippen LogP contribution >= 0.6 is 0 Å². The van der Waals surface area contributed by atoms with Gasteiger partial charge in [0.2, 0.25) is 5.82 Å². The maximum atomic E-state index is 12.8. The molecule has 1 fully saturated rings. The standard InChI is InChI=1S/C12H19F3N6/c1-11(2)7-21(5-4-20(11)3)9-6-8(19-16)17-10(18-9)12(13,14)15/h6H,4-5,7,16H2,1-3H3,(H,17,18,19). The van der Waals surface area contributed by atoms with Gasteiger partial charge < -0.3 is 10.3 Å². The van der Waals surface area contributed by atoms with E-state index in [1.165, 1.54) is 6.07 Å². The highest BCUT2D eigenvalue weighted by Gasteiger charge is 2.37. The van der Waals surface area contributed by atoms with Gasteiger partial charge in [-0.2, -0.15) is 13.2 Å². The van der Waals surface area contributed by atoms with Crippen LogP contribution in [0.1, 0.15) is 19.7 Å². The Bertz CT molecular complexity index is 516. The molecule has 0 spiro atoms. The average molecular weight is 304 g/mol. The molecule has 3 N–H and O–H groups in total. The normalized spacial score (nSPS) is 19.7. The molecule has 1 aliphatic heterocycles. The van der Waals surface area contributed by atoms with Crippen molar-refractivity contribution < 1.29 is 13.2 Å². The molecular weight excluding hydrogens is 285 g/mol. The molecule has 0 aromatic carbocycles. The largest absolute Gasteiger partial charge is 0.451 e. The first-order valence-electron chi connectivity index (χ1n) is 6.52. The quantitative estimate of drug-likeness (QED) is 0.634. The zero-order valence-corrected chi connectivity index (χ0v) is 12.2. The van der Waals surface area contributed by atoms with Gasteiger partial charge in [0.15, 0.2) is 0 Å². The Balaban J connectivity index is 2.35. The van der Waals surface area contributed by atoms with E-state index in [2.05, 4.69) is 20.3 Å². The molecule has 0 aliphatic carbocycles. The second-order valence-electron chi connectivity index (χ2n) is 5.73. The van der Waals surface area contributed by atoms with Crippen LogP contribution in [0.15, 0.2) is 6.07 Å². The second-order valence-corrected chi connectivity index (χ2v) is 5.73. The third-order valence-electron chi connectivity index (χ3n) is 3.75. The van der Waals surface area contributed by atoms with Crippen LogP contribution in [0.25, 0.3) is 0 Å². The minimum absolute atomic E-state index is 0.0518. The van der Waals surface area contributed by atoms with Gasteiger partial charge in [-0.1, -0.05) is 0 Å². The molecule has 6 nitrogen and oxygen atoms in total. The molecule has 2 rings (SSSR count). The van der Waals surface area contributed by atoms with E-state index in [1.54, 1.807) is 0 Å². The van der Waals surface area contributed by atoms with Crippen LogP contribution < -0.4 is 16.2 Å². The Labute approximate surface area is 121 Å². The average Bonchev–Trinajstić information content (AvgIpc) is 2.40. The van der Waals surface area contributed by atoms with Crippen molar-refractivity contribution in [2.45, 2.75) is 25.6 Å². The van der Waals surface area contributed by atoms with Crippen molar-refractivity contribution in [3.63, 3.8) is 0 Å². The van der Waals surface area contributed by atoms with Crippen LogP contribution in [0.4, 0.5) is 24.8 Å². The number of nitrogens with one attached hydrogen (secondary N) is 1. The zero-order chi connectivity index (χ0) is 15.8. The smallest absolute Gasteiger partial charge is 0.353 e. The summed E-state index contributed by atoms with van der Waals surface area (Å²) in [5, 5.41) is 0. The van der Waals surface area contributed by atoms with E-state index >= 15 is 0 Å². The highest BCUT2D eigenvalue weighted by molar-refractivity contribution is 5.50. The number of anilines is 2. The number of nitrogens with two attached hydrogens (primary N) is 1. The maximum Gasteiger partial charge on any atom is 0.451 e. The molecule has 0 amide bonds. The van der Waals surface area contributed by atoms with Gasteiger partial charge in [0.25, 0.3) is 0 Å². The first-order valence-corrected chi connectivity index (χ1v) is 6.52. The highest BCUT2D eigenvalue weighted by atomic mass is 19.4. The molecule has 1 aromatic heterocycles. The minimum atomic E-state index is -4.61. The van der Waals surface area contributed by atoms with E-state index in [4.69, 9.17) is 5.84 Å². The summed E-state index contributed by atoms with van der Waals surface area (Å²) in [5.41, 5.74) is 2.01. The molecular formula is C12H19F3N6. The van der Waals surface area contributed by atoms with Crippen LogP contribution in [-0.4, -0.2) is 47.1 Å². The van der Waals surface area contributed by atoms with Gasteiger partial charge in [0.05, 0.1) is 0 Å². The minimum Gasteiger partial charge on any atom is -0.353 e. The van der Waals surface area contributed by atoms with E-state index in [1.807, 2.05) is 25.8 Å². The zero-order valence-electron chi connectivity index (χ0n) is 12.2. The molecule has 118 valence electrons. The Kier molecular flexibility index (Phi) is 3.98. The van der Waals surface area contributed by atoms with Gasteiger partial charge in [0, 0.05) is 31.2 Å². The number of aromatic nitrogens is 2. The summed E-state index contributed by atoms with van der Waals surface area (Å²) < 4.78 is 38.5. The SMILES string of the molecule is CN1CCN(c2cc(NN)nc(C(F)(F)F)n2)CC1(C)C. The molecule has 0 bridgehead atoms. The van der Waals surface area contributed by atoms with Crippen molar-refractivity contribution in [2.75, 3.05) is 37.0 Å². The van der Waals surface area contributed by atoms with Gasteiger partial charge in [0.1, 0.15) is 11.6 Å². The number of halogens is 3. The summed E-state index contributed by atoms with van der Waals surface area (Å²) in [6.45, 7) is 5.98. The highest BCUT2D eigenvalue weighted by Crippen LogP contribution is 2.30. The number of hydrazine groups is 1. The van der Waals surface area contributed by atoms with Crippen LogP contribution in [0.5, 0.6) is 0 Å². The summed E-state index contributed by atoms with van der Waals surface area (Å²) in [4.78, 5) is 11.0. The summed E-state index contributed by atoms with van der Waals surface area (Å²) >= 11 is 0. The van der Waals surface area contributed by atoms with E-state index < -0.39 is 12.0 Å². The summed E-state index contributed by atoms with van der Waals surface area (Å²) in [7, 11) is 1.99. The van der Waals surface area contributed by atoms with Gasteiger partial charge in [-0.15, -0.1) is 0 Å². The molecule has 1 aromatic rings. The molecule has 1 saturated heterocycles. The monoisotopic (exact) mass is 304 g/mol. The second kappa shape index (κ2) is 5.30. The number of piperazine rings is 1. The number of alkyl halides is 3. The Hall–Kier alpha value is -1.61. The fourth-order valence-electron chi connectivity index (χ4n) is 2.23. The van der Waals surface area contributed by atoms with Crippen molar-refractivity contribution in [1.82, 2.24) is 14.9 Å². The molecule has 9 heteroatoms. The molecule has 1 aliphatic rings. The van der Waals surface area contributed by atoms with Crippen molar-refractivity contribution in [3.8, 4) is 0 Å². The molecule has 0 radical (unpaired) electrons. The number of rotatable bonds is 2. The first kappa shape index (κ1) is 15.8. The van der Waals surface area contributed by atoms with Crippen LogP contribution in [0, 0.1) is 0 Å². The van der Waals surface area contributed by atoms with Gasteiger partial charge in [-0.3, -0.25) is 4.90 Å². The summed E-state index contributed by atoms with van der Waals surface area (Å²) in [6.07, 6.45) is -4.61. The maximum absolute atomic E-state index is 12.8. The van der Waals surface area contributed by atoms with E-state index in [0.717, 1.165) is 6.54 Å². The molecule has 21 heavy (non-hydrogen) atoms. The van der Waals surface area contributed by atoms with Crippen molar-refractivity contribution in [3.05, 3.63) is 11.9 Å². The van der Waals surface area contributed by atoms with Gasteiger partial charge >= 0.3 is 6.18 Å². The lowest BCUT2D eigenvalue weighted by Gasteiger charge is -2.45. The van der Waals surface area contributed by atoms with E-state index in [-0.39, 0.29) is 17.2 Å². The van der Waals surface area contributed by atoms with Crippen LogP contribution in [0.2, 0.25) is 0 Å². The van der Waals surface area contributed by atoms with Crippen LogP contribution in [-0.2, 0) is 6.18 Å². The summed E-state index contributed by atoms with van der Waals surface area (Å²) in [5.74, 6) is 4.19. The lowest BCUT2D eigenvalue weighted by Crippen LogP contribution is -2.58. The Morgan fingerprint density at radius 2 is 1.95 bits per heavy atom. The summed E-state index contributed by atoms with van der Waals surface area (Å²) in [6, 6.07) is 1.43. The number of likely N-dealkylation sites (N-methyl/N-ethyl adjacent to an activating group) is 1. The topological polar surface area (TPSA) is 70.3 Å². The lowest BCUT2D eigenvalue weighted by atomic mass is 10.00. The number of hydrogen-bond acceptors (Lipinski definition) is 6. The number of nitrogen functional groups attached to an aromatic ring is 1. The van der Waals surface area contributed by atoms with E-state index in [0.29, 0.717) is 13.1 Å². The lowest BCUT2D eigenvalue weighted by molar-refractivity contribution is -0.144. The third kappa shape index (κ3) is 3.35. The van der Waals surface area contributed by atoms with Crippen molar-refractivity contribution in [1.29, 1.82) is 0 Å². The Morgan fingerprint density at radius 1 is 1.29 bits per heavy atom.